The number of hydrogen-bond donors (Lipinski definition) is 0. The van der Waals surface area contributed by atoms with Gasteiger partial charge in [-0.25, -0.2) is 4.79 Å². The molecular formula is C25H21NO4. The zero-order chi connectivity index (χ0) is 20.5. The van der Waals surface area contributed by atoms with Crippen molar-refractivity contribution in [2.75, 3.05) is 11.6 Å². The molecule has 5 rings (SSSR count). The molecule has 0 unspecified atom stereocenters. The van der Waals surface area contributed by atoms with E-state index in [-0.39, 0.29) is 5.63 Å². The van der Waals surface area contributed by atoms with Crippen molar-refractivity contribution in [3.63, 3.8) is 0 Å². The first-order valence-corrected chi connectivity index (χ1v) is 10.0. The largest absolute Gasteiger partial charge is 0.473 e. The summed E-state index contributed by atoms with van der Waals surface area (Å²) >= 11 is 0. The van der Waals surface area contributed by atoms with Crippen molar-refractivity contribution in [3.8, 4) is 17.2 Å². The van der Waals surface area contributed by atoms with Crippen LogP contribution in [0.4, 0.5) is 5.69 Å². The third-order valence-electron chi connectivity index (χ3n) is 5.34. The topological polar surface area (TPSA) is 51.9 Å². The third kappa shape index (κ3) is 3.39. The Morgan fingerprint density at radius 3 is 2.50 bits per heavy atom. The van der Waals surface area contributed by atoms with Gasteiger partial charge in [0.2, 0.25) is 0 Å². The molecule has 0 spiro atoms. The Labute approximate surface area is 174 Å². The molecule has 1 aliphatic heterocycles. The molecule has 0 N–H and O–H groups in total. The molecule has 0 amide bonds. The van der Waals surface area contributed by atoms with Gasteiger partial charge in [-0.3, -0.25) is 0 Å². The molecule has 30 heavy (non-hydrogen) atoms. The average Bonchev–Trinajstić information content (AvgIpc) is 2.79. The second-order valence-corrected chi connectivity index (χ2v) is 7.24. The minimum Gasteiger partial charge on any atom is -0.473 e. The van der Waals surface area contributed by atoms with Gasteiger partial charge in [0.1, 0.15) is 22.8 Å². The van der Waals surface area contributed by atoms with Crippen LogP contribution in [0.2, 0.25) is 0 Å². The van der Waals surface area contributed by atoms with Crippen molar-refractivity contribution >= 4 is 16.7 Å². The summed E-state index contributed by atoms with van der Waals surface area (Å²) in [6.07, 6.45) is 0.772. The van der Waals surface area contributed by atoms with E-state index in [0.29, 0.717) is 18.9 Å². The molecule has 0 bridgehead atoms. The molecule has 2 heterocycles. The molecule has 0 aliphatic carbocycles. The Bertz CT molecular complexity index is 1250. The zero-order valence-corrected chi connectivity index (χ0v) is 16.6. The lowest BCUT2D eigenvalue weighted by Gasteiger charge is -2.31. The molecule has 0 fully saturated rings. The Morgan fingerprint density at radius 1 is 0.967 bits per heavy atom. The second kappa shape index (κ2) is 7.59. The van der Waals surface area contributed by atoms with Crippen LogP contribution in [0.3, 0.4) is 0 Å². The van der Waals surface area contributed by atoms with Crippen molar-refractivity contribution in [2.45, 2.75) is 19.9 Å². The van der Waals surface area contributed by atoms with Crippen molar-refractivity contribution in [2.24, 2.45) is 0 Å². The SMILES string of the molecule is CCc1cc(=O)oc2c3c(ccc12)OCN(c1ccc(Oc2ccccc2)cc1)C3. The van der Waals surface area contributed by atoms with Gasteiger partial charge in [0, 0.05) is 17.1 Å². The first kappa shape index (κ1) is 18.3. The van der Waals surface area contributed by atoms with E-state index in [1.165, 1.54) is 0 Å². The number of nitrogens with zero attached hydrogens (tertiary/aromatic N) is 1. The third-order valence-corrected chi connectivity index (χ3v) is 5.34. The Balaban J connectivity index is 1.44. The lowest BCUT2D eigenvalue weighted by atomic mass is 10.0. The van der Waals surface area contributed by atoms with Gasteiger partial charge in [-0.05, 0) is 60.5 Å². The molecule has 5 heteroatoms. The molecule has 1 aliphatic rings. The van der Waals surface area contributed by atoms with Gasteiger partial charge < -0.3 is 18.8 Å². The Morgan fingerprint density at radius 2 is 1.73 bits per heavy atom. The number of para-hydroxylation sites is 1. The standard InChI is InChI=1S/C25H21NO4/c1-2-17-14-24(27)30-25-21(17)12-13-23-22(25)15-26(16-28-23)18-8-10-20(11-9-18)29-19-6-4-3-5-7-19/h3-14H,2,15-16H2,1H3. The van der Waals surface area contributed by atoms with Gasteiger partial charge in [-0.2, -0.15) is 0 Å². The number of fused-ring (bicyclic) bond motifs is 3. The highest BCUT2D eigenvalue weighted by atomic mass is 16.5. The quantitative estimate of drug-likeness (QED) is 0.424. The van der Waals surface area contributed by atoms with E-state index in [4.69, 9.17) is 13.9 Å². The van der Waals surface area contributed by atoms with Crippen LogP contribution in [0, 0.1) is 0 Å². The highest BCUT2D eigenvalue weighted by Gasteiger charge is 2.22. The van der Waals surface area contributed by atoms with E-state index >= 15 is 0 Å². The smallest absolute Gasteiger partial charge is 0.336 e. The van der Waals surface area contributed by atoms with E-state index in [2.05, 4.69) is 4.90 Å². The summed E-state index contributed by atoms with van der Waals surface area (Å²) in [7, 11) is 0. The molecule has 4 aromatic rings. The molecule has 5 nitrogen and oxygen atoms in total. The summed E-state index contributed by atoms with van der Waals surface area (Å²) in [6.45, 7) is 3.06. The number of ether oxygens (including phenoxy) is 2. The number of rotatable bonds is 4. The van der Waals surface area contributed by atoms with Gasteiger partial charge >= 0.3 is 5.63 Å². The maximum absolute atomic E-state index is 12.1. The molecule has 3 aromatic carbocycles. The number of benzene rings is 3. The van der Waals surface area contributed by atoms with Crippen LogP contribution < -0.4 is 20.0 Å². The van der Waals surface area contributed by atoms with Crippen LogP contribution >= 0.6 is 0 Å². The minimum atomic E-state index is -0.327. The average molecular weight is 399 g/mol. The summed E-state index contributed by atoms with van der Waals surface area (Å²) in [5.74, 6) is 2.33. The van der Waals surface area contributed by atoms with E-state index < -0.39 is 0 Å². The zero-order valence-electron chi connectivity index (χ0n) is 16.6. The van der Waals surface area contributed by atoms with Crippen molar-refractivity contribution in [1.29, 1.82) is 0 Å². The molecule has 150 valence electrons. The molecule has 0 saturated heterocycles. The van der Waals surface area contributed by atoms with Crippen molar-refractivity contribution in [3.05, 3.63) is 94.3 Å². The fourth-order valence-corrected chi connectivity index (χ4v) is 3.81. The summed E-state index contributed by atoms with van der Waals surface area (Å²) in [5.41, 5.74) is 3.18. The second-order valence-electron chi connectivity index (χ2n) is 7.24. The highest BCUT2D eigenvalue weighted by Crippen LogP contribution is 2.35. The highest BCUT2D eigenvalue weighted by molar-refractivity contribution is 5.85. The van der Waals surface area contributed by atoms with Crippen LogP contribution in [-0.2, 0) is 13.0 Å². The maximum Gasteiger partial charge on any atom is 0.336 e. The summed E-state index contributed by atoms with van der Waals surface area (Å²) < 4.78 is 17.4. The monoisotopic (exact) mass is 399 g/mol. The van der Waals surface area contributed by atoms with Gasteiger partial charge in [-0.15, -0.1) is 0 Å². The molecule has 0 radical (unpaired) electrons. The van der Waals surface area contributed by atoms with Gasteiger partial charge in [0.25, 0.3) is 0 Å². The lowest BCUT2D eigenvalue weighted by molar-refractivity contribution is 0.289. The van der Waals surface area contributed by atoms with Crippen molar-refractivity contribution < 1.29 is 13.9 Å². The normalized spacial score (nSPS) is 13.0. The van der Waals surface area contributed by atoms with Crippen LogP contribution in [0.15, 0.2) is 82.0 Å². The first-order chi connectivity index (χ1) is 14.7. The number of hydrogen-bond acceptors (Lipinski definition) is 5. The molecule has 0 saturated carbocycles. The number of aryl methyl sites for hydroxylation is 1. The van der Waals surface area contributed by atoms with E-state index in [1.54, 1.807) is 6.07 Å². The van der Waals surface area contributed by atoms with Crippen molar-refractivity contribution in [1.82, 2.24) is 0 Å². The summed E-state index contributed by atoms with van der Waals surface area (Å²) in [4.78, 5) is 14.2. The lowest BCUT2D eigenvalue weighted by Crippen LogP contribution is -2.32. The predicted molar refractivity (Wildman–Crippen MR) is 116 cm³/mol. The molecule has 0 atom stereocenters. The molecule has 1 aromatic heterocycles. The van der Waals surface area contributed by atoms with Gasteiger partial charge in [-0.1, -0.05) is 25.1 Å². The number of anilines is 1. The predicted octanol–water partition coefficient (Wildman–Crippen LogP) is 5.50. The van der Waals surface area contributed by atoms with Crippen LogP contribution in [0.1, 0.15) is 18.1 Å². The minimum absolute atomic E-state index is 0.327. The first-order valence-electron chi connectivity index (χ1n) is 10.0. The fourth-order valence-electron chi connectivity index (χ4n) is 3.81. The fraction of sp³-hybridized carbons (Fsp3) is 0.160. The summed E-state index contributed by atoms with van der Waals surface area (Å²) in [6, 6.07) is 23.1. The van der Waals surface area contributed by atoms with Crippen LogP contribution in [0.5, 0.6) is 17.2 Å². The van der Waals surface area contributed by atoms with E-state index in [9.17, 15) is 4.79 Å². The maximum atomic E-state index is 12.1. The van der Waals surface area contributed by atoms with Gasteiger partial charge in [0.05, 0.1) is 12.1 Å². The Hall–Kier alpha value is -3.73. The van der Waals surface area contributed by atoms with Crippen LogP contribution in [-0.4, -0.2) is 6.73 Å². The van der Waals surface area contributed by atoms with E-state index in [1.807, 2.05) is 73.7 Å². The Kier molecular flexibility index (Phi) is 4.64. The van der Waals surface area contributed by atoms with Gasteiger partial charge in [0.15, 0.2) is 6.73 Å². The summed E-state index contributed by atoms with van der Waals surface area (Å²) in [5, 5.41) is 0.966. The van der Waals surface area contributed by atoms with E-state index in [0.717, 1.165) is 45.9 Å². The van der Waals surface area contributed by atoms with Crippen LogP contribution in [0.25, 0.3) is 11.0 Å². The molecular weight excluding hydrogens is 378 g/mol.